The lowest BCUT2D eigenvalue weighted by atomic mass is 10.1. The average molecular weight is 268 g/mol. The van der Waals surface area contributed by atoms with E-state index in [4.69, 9.17) is 0 Å². The van der Waals surface area contributed by atoms with Gasteiger partial charge in [0.15, 0.2) is 17.4 Å². The van der Waals surface area contributed by atoms with Crippen LogP contribution in [0.2, 0.25) is 0 Å². The van der Waals surface area contributed by atoms with Gasteiger partial charge in [0.25, 0.3) is 0 Å². The van der Waals surface area contributed by atoms with Crippen LogP contribution in [-0.4, -0.2) is 54.7 Å². The zero-order chi connectivity index (χ0) is 13.8. The summed E-state index contributed by atoms with van der Waals surface area (Å²) >= 11 is 0. The maximum atomic E-state index is 13.0. The molecule has 1 fully saturated rings. The van der Waals surface area contributed by atoms with Crippen LogP contribution >= 0.6 is 0 Å². The molecule has 0 bridgehead atoms. The number of carbonyl (C=O) groups is 2. The Hall–Kier alpha value is -1.82. The van der Waals surface area contributed by atoms with Gasteiger partial charge in [-0.1, -0.05) is 0 Å². The van der Waals surface area contributed by atoms with E-state index >= 15 is 0 Å². The van der Waals surface area contributed by atoms with E-state index in [1.165, 1.54) is 6.07 Å². The van der Waals surface area contributed by atoms with Crippen molar-refractivity contribution in [3.05, 3.63) is 35.4 Å². The smallest absolute Gasteiger partial charge is 0.209 e. The summed E-state index contributed by atoms with van der Waals surface area (Å²) in [6.07, 6.45) is 0.786. The van der Waals surface area contributed by atoms with Crippen molar-refractivity contribution in [1.29, 1.82) is 0 Å². The molecule has 102 valence electrons. The van der Waals surface area contributed by atoms with Gasteiger partial charge in [-0.05, 0) is 18.2 Å². The first-order valence-electron chi connectivity index (χ1n) is 6.00. The highest BCUT2D eigenvalue weighted by Gasteiger charge is 2.19. The predicted molar refractivity (Wildman–Crippen MR) is 64.8 cm³/mol. The highest BCUT2D eigenvalue weighted by molar-refractivity contribution is 5.97. The van der Waals surface area contributed by atoms with Crippen LogP contribution in [0.25, 0.3) is 0 Å². The molecule has 0 unspecified atom stereocenters. The number of piperazine rings is 1. The number of benzene rings is 1. The van der Waals surface area contributed by atoms with Crippen molar-refractivity contribution in [2.45, 2.75) is 0 Å². The van der Waals surface area contributed by atoms with Gasteiger partial charge in [0.2, 0.25) is 6.41 Å². The van der Waals surface area contributed by atoms with Crippen LogP contribution in [0.3, 0.4) is 0 Å². The summed E-state index contributed by atoms with van der Waals surface area (Å²) in [4.78, 5) is 26.0. The quantitative estimate of drug-likeness (QED) is 0.602. The molecular weight excluding hydrogens is 254 g/mol. The van der Waals surface area contributed by atoms with Gasteiger partial charge in [0.1, 0.15) is 0 Å². The van der Waals surface area contributed by atoms with E-state index in [1.54, 1.807) is 4.90 Å². The number of nitrogens with zero attached hydrogens (tertiary/aromatic N) is 2. The Kier molecular flexibility index (Phi) is 4.21. The monoisotopic (exact) mass is 268 g/mol. The van der Waals surface area contributed by atoms with Crippen molar-refractivity contribution in [3.8, 4) is 0 Å². The summed E-state index contributed by atoms with van der Waals surface area (Å²) in [7, 11) is 0. The zero-order valence-electron chi connectivity index (χ0n) is 10.3. The second-order valence-electron chi connectivity index (χ2n) is 4.47. The molecule has 0 saturated carbocycles. The van der Waals surface area contributed by atoms with Crippen LogP contribution in [0.1, 0.15) is 10.4 Å². The lowest BCUT2D eigenvalue weighted by molar-refractivity contribution is -0.119. The van der Waals surface area contributed by atoms with Crippen LogP contribution in [-0.2, 0) is 4.79 Å². The SMILES string of the molecule is O=CN1CCN(CC(=O)c2ccc(F)c(F)c2)CC1. The van der Waals surface area contributed by atoms with E-state index < -0.39 is 11.6 Å². The third kappa shape index (κ3) is 3.35. The third-order valence-corrected chi connectivity index (χ3v) is 3.16. The molecule has 1 aliphatic heterocycles. The topological polar surface area (TPSA) is 40.6 Å². The molecule has 0 N–H and O–H groups in total. The Morgan fingerprint density at radius 2 is 1.84 bits per heavy atom. The molecule has 0 aliphatic carbocycles. The van der Waals surface area contributed by atoms with Crippen molar-refractivity contribution in [2.24, 2.45) is 0 Å². The highest BCUT2D eigenvalue weighted by atomic mass is 19.2. The molecule has 0 spiro atoms. The molecule has 1 heterocycles. The first-order chi connectivity index (χ1) is 9.10. The van der Waals surface area contributed by atoms with Crippen molar-refractivity contribution in [2.75, 3.05) is 32.7 Å². The molecule has 1 aliphatic rings. The largest absolute Gasteiger partial charge is 0.343 e. The number of halogens is 2. The number of hydrogen-bond acceptors (Lipinski definition) is 3. The lowest BCUT2D eigenvalue weighted by Gasteiger charge is -2.31. The van der Waals surface area contributed by atoms with Crippen LogP contribution in [0.5, 0.6) is 0 Å². The number of hydrogen-bond donors (Lipinski definition) is 0. The maximum Gasteiger partial charge on any atom is 0.209 e. The molecule has 0 aromatic heterocycles. The molecule has 1 aromatic carbocycles. The lowest BCUT2D eigenvalue weighted by Crippen LogP contribution is -2.47. The van der Waals surface area contributed by atoms with Gasteiger partial charge < -0.3 is 4.90 Å². The van der Waals surface area contributed by atoms with E-state index in [0.29, 0.717) is 26.2 Å². The van der Waals surface area contributed by atoms with E-state index in [9.17, 15) is 18.4 Å². The zero-order valence-corrected chi connectivity index (χ0v) is 10.3. The standard InChI is InChI=1S/C13H14F2N2O2/c14-11-2-1-10(7-12(11)15)13(19)8-16-3-5-17(9-18)6-4-16/h1-2,7,9H,3-6,8H2. The fraction of sp³-hybridized carbons (Fsp3) is 0.385. The third-order valence-electron chi connectivity index (χ3n) is 3.16. The number of ketones is 1. The number of carbonyl (C=O) groups excluding carboxylic acids is 2. The summed E-state index contributed by atoms with van der Waals surface area (Å²) in [6.45, 7) is 2.52. The second kappa shape index (κ2) is 5.88. The van der Waals surface area contributed by atoms with E-state index in [2.05, 4.69) is 0 Å². The number of rotatable bonds is 4. The first-order valence-corrected chi connectivity index (χ1v) is 6.00. The van der Waals surface area contributed by atoms with Crippen LogP contribution in [0.15, 0.2) is 18.2 Å². The molecule has 6 heteroatoms. The average Bonchev–Trinajstić information content (AvgIpc) is 2.42. The van der Waals surface area contributed by atoms with Crippen molar-refractivity contribution in [1.82, 2.24) is 9.80 Å². The minimum Gasteiger partial charge on any atom is -0.343 e. The maximum absolute atomic E-state index is 13.0. The van der Waals surface area contributed by atoms with Gasteiger partial charge in [-0.25, -0.2) is 8.78 Å². The van der Waals surface area contributed by atoms with E-state index in [1.807, 2.05) is 4.90 Å². The Bertz CT molecular complexity index is 486. The Morgan fingerprint density at radius 1 is 1.16 bits per heavy atom. The molecular formula is C13H14F2N2O2. The van der Waals surface area contributed by atoms with Gasteiger partial charge >= 0.3 is 0 Å². The summed E-state index contributed by atoms with van der Waals surface area (Å²) in [5.41, 5.74) is 0.164. The van der Waals surface area contributed by atoms with Gasteiger partial charge in [-0.15, -0.1) is 0 Å². The molecule has 1 saturated heterocycles. The van der Waals surface area contributed by atoms with Crippen LogP contribution in [0, 0.1) is 11.6 Å². The fourth-order valence-electron chi connectivity index (χ4n) is 1.99. The number of Topliss-reactive ketones (excluding diaryl/α,β-unsaturated/α-hetero) is 1. The summed E-state index contributed by atoms with van der Waals surface area (Å²) in [5, 5.41) is 0. The van der Waals surface area contributed by atoms with Gasteiger partial charge in [0, 0.05) is 31.7 Å². The molecule has 1 amide bonds. The summed E-state index contributed by atoms with van der Waals surface area (Å²) in [5.74, 6) is -2.23. The minimum absolute atomic E-state index is 0.151. The number of amides is 1. The Morgan fingerprint density at radius 3 is 2.42 bits per heavy atom. The Balaban J connectivity index is 1.94. The first kappa shape index (κ1) is 13.6. The molecule has 0 radical (unpaired) electrons. The normalized spacial score (nSPS) is 16.4. The van der Waals surface area contributed by atoms with Crippen LogP contribution < -0.4 is 0 Å². The Labute approximate surface area is 109 Å². The fourth-order valence-corrected chi connectivity index (χ4v) is 1.99. The van der Waals surface area contributed by atoms with Gasteiger partial charge in [0.05, 0.1) is 6.54 Å². The van der Waals surface area contributed by atoms with Gasteiger partial charge in [-0.3, -0.25) is 14.5 Å². The molecule has 2 rings (SSSR count). The minimum atomic E-state index is -1.02. The second-order valence-corrected chi connectivity index (χ2v) is 4.47. The molecule has 0 atom stereocenters. The van der Waals surface area contributed by atoms with Gasteiger partial charge in [-0.2, -0.15) is 0 Å². The molecule has 1 aromatic rings. The van der Waals surface area contributed by atoms with Crippen LogP contribution in [0.4, 0.5) is 8.78 Å². The van der Waals surface area contributed by atoms with E-state index in [-0.39, 0.29) is 17.9 Å². The predicted octanol–water partition coefficient (Wildman–Crippen LogP) is 0.921. The summed E-state index contributed by atoms with van der Waals surface area (Å²) < 4.78 is 25.8. The molecule has 4 nitrogen and oxygen atoms in total. The van der Waals surface area contributed by atoms with Crippen molar-refractivity contribution < 1.29 is 18.4 Å². The highest BCUT2D eigenvalue weighted by Crippen LogP contribution is 2.10. The molecule has 19 heavy (non-hydrogen) atoms. The van der Waals surface area contributed by atoms with Crippen molar-refractivity contribution >= 4 is 12.2 Å². The van der Waals surface area contributed by atoms with Crippen molar-refractivity contribution in [3.63, 3.8) is 0 Å². The van der Waals surface area contributed by atoms with E-state index in [0.717, 1.165) is 18.5 Å². The summed E-state index contributed by atoms with van der Waals surface area (Å²) in [6, 6.07) is 3.15.